The largest absolute Gasteiger partial charge is 0.326 e. The van der Waals surface area contributed by atoms with Gasteiger partial charge in [0.1, 0.15) is 0 Å². The number of likely N-dealkylation sites (N-methyl/N-ethyl adjacent to an activating group) is 1. The molecular weight excluding hydrogens is 260 g/mol. The molecule has 4 heteroatoms. The van der Waals surface area contributed by atoms with Crippen LogP contribution in [-0.4, -0.2) is 40.4 Å². The van der Waals surface area contributed by atoms with E-state index in [4.69, 9.17) is 5.73 Å². The number of hydrogen-bond acceptors (Lipinski definition) is 3. The fraction of sp³-hybridized carbons (Fsp3) is 0.824. The normalized spacial score (nSPS) is 28.0. The Labute approximate surface area is 129 Å². The first-order valence-electron chi connectivity index (χ1n) is 8.34. The van der Waals surface area contributed by atoms with Gasteiger partial charge < -0.3 is 10.6 Å². The van der Waals surface area contributed by atoms with Gasteiger partial charge in [-0.15, -0.1) is 0 Å². The fourth-order valence-corrected chi connectivity index (χ4v) is 3.99. The third kappa shape index (κ3) is 3.32. The van der Waals surface area contributed by atoms with Gasteiger partial charge in [-0.3, -0.25) is 4.68 Å². The smallest absolute Gasteiger partial charge is 0.0624 e. The van der Waals surface area contributed by atoms with Gasteiger partial charge in [0.2, 0.25) is 0 Å². The number of aryl methyl sites for hydroxylation is 2. The van der Waals surface area contributed by atoms with Crippen LogP contribution in [-0.2, 0) is 19.9 Å². The number of nitrogens with zero attached hydrogens (tertiary/aromatic N) is 3. The molecule has 0 aliphatic heterocycles. The van der Waals surface area contributed by atoms with Gasteiger partial charge in [-0.25, -0.2) is 0 Å². The summed E-state index contributed by atoms with van der Waals surface area (Å²) in [4.78, 5) is 2.38. The van der Waals surface area contributed by atoms with Gasteiger partial charge in [0.25, 0.3) is 0 Å². The minimum atomic E-state index is 0.133. The molecule has 2 N–H and O–H groups in total. The molecule has 3 unspecified atom stereocenters. The Morgan fingerprint density at radius 3 is 2.76 bits per heavy atom. The summed E-state index contributed by atoms with van der Waals surface area (Å²) < 4.78 is 2.01. The van der Waals surface area contributed by atoms with Crippen LogP contribution < -0.4 is 5.73 Å². The fourth-order valence-electron chi connectivity index (χ4n) is 3.99. The van der Waals surface area contributed by atoms with E-state index in [-0.39, 0.29) is 11.6 Å². The molecule has 1 saturated carbocycles. The molecule has 21 heavy (non-hydrogen) atoms. The molecule has 0 aromatic carbocycles. The molecule has 4 nitrogen and oxygen atoms in total. The summed E-state index contributed by atoms with van der Waals surface area (Å²) in [6.07, 6.45) is 6.95. The first kappa shape index (κ1) is 16.5. The van der Waals surface area contributed by atoms with E-state index in [0.717, 1.165) is 24.5 Å². The second-order valence-corrected chi connectivity index (χ2v) is 7.11. The van der Waals surface area contributed by atoms with Crippen LogP contribution in [0.1, 0.15) is 50.9 Å². The molecule has 0 spiro atoms. The van der Waals surface area contributed by atoms with Gasteiger partial charge in [-0.2, -0.15) is 5.10 Å². The number of aromatic nitrogens is 2. The van der Waals surface area contributed by atoms with Gasteiger partial charge in [0, 0.05) is 30.7 Å². The van der Waals surface area contributed by atoms with Crippen molar-refractivity contribution in [2.75, 3.05) is 14.1 Å². The molecule has 1 aromatic heterocycles. The molecule has 0 bridgehead atoms. The summed E-state index contributed by atoms with van der Waals surface area (Å²) in [5.41, 5.74) is 9.27. The molecule has 1 fully saturated rings. The summed E-state index contributed by atoms with van der Waals surface area (Å²) in [5, 5.41) is 4.56. The van der Waals surface area contributed by atoms with Crippen molar-refractivity contribution in [1.29, 1.82) is 0 Å². The van der Waals surface area contributed by atoms with Crippen LogP contribution in [0.2, 0.25) is 0 Å². The summed E-state index contributed by atoms with van der Waals surface area (Å²) >= 11 is 0. The molecule has 1 aliphatic carbocycles. The van der Waals surface area contributed by atoms with E-state index in [9.17, 15) is 0 Å². The van der Waals surface area contributed by atoms with E-state index in [0.29, 0.717) is 0 Å². The van der Waals surface area contributed by atoms with Gasteiger partial charge in [0.05, 0.1) is 5.69 Å². The second kappa shape index (κ2) is 6.49. The van der Waals surface area contributed by atoms with Crippen LogP contribution in [0.3, 0.4) is 0 Å². The Morgan fingerprint density at radius 2 is 2.24 bits per heavy atom. The van der Waals surface area contributed by atoms with Gasteiger partial charge in [-0.05, 0) is 45.3 Å². The van der Waals surface area contributed by atoms with Crippen molar-refractivity contribution in [2.45, 2.75) is 64.0 Å². The Hall–Kier alpha value is -0.870. The van der Waals surface area contributed by atoms with Crippen molar-refractivity contribution >= 4 is 0 Å². The minimum Gasteiger partial charge on any atom is -0.326 e. The van der Waals surface area contributed by atoms with Crippen LogP contribution in [0.25, 0.3) is 0 Å². The highest BCUT2D eigenvalue weighted by Crippen LogP contribution is 2.38. The first-order valence-corrected chi connectivity index (χ1v) is 8.34. The Morgan fingerprint density at radius 1 is 1.52 bits per heavy atom. The lowest BCUT2D eigenvalue weighted by Gasteiger charge is -2.49. The lowest BCUT2D eigenvalue weighted by molar-refractivity contribution is 0.0498. The lowest BCUT2D eigenvalue weighted by Crippen LogP contribution is -2.60. The number of nitrogens with two attached hydrogens (primary N) is 1. The number of rotatable bonds is 5. The third-order valence-corrected chi connectivity index (χ3v) is 5.41. The lowest BCUT2D eigenvalue weighted by atomic mass is 9.70. The predicted molar refractivity (Wildman–Crippen MR) is 88.3 cm³/mol. The molecule has 1 heterocycles. The maximum Gasteiger partial charge on any atom is 0.0624 e. The second-order valence-electron chi connectivity index (χ2n) is 7.11. The molecule has 0 saturated heterocycles. The van der Waals surface area contributed by atoms with Gasteiger partial charge >= 0.3 is 0 Å². The Bertz CT molecular complexity index is 465. The van der Waals surface area contributed by atoms with Crippen molar-refractivity contribution in [2.24, 2.45) is 18.7 Å². The van der Waals surface area contributed by atoms with Crippen molar-refractivity contribution in [1.82, 2.24) is 14.7 Å². The van der Waals surface area contributed by atoms with Gasteiger partial charge in [-0.1, -0.05) is 26.7 Å². The Balaban J connectivity index is 2.18. The number of hydrogen-bond donors (Lipinski definition) is 1. The van der Waals surface area contributed by atoms with E-state index in [1.165, 1.54) is 31.4 Å². The molecule has 3 atom stereocenters. The monoisotopic (exact) mass is 292 g/mol. The van der Waals surface area contributed by atoms with Crippen molar-refractivity contribution in [3.63, 3.8) is 0 Å². The highest BCUT2D eigenvalue weighted by Gasteiger charge is 2.42. The molecule has 2 rings (SSSR count). The molecular formula is C17H32N4. The molecule has 1 aromatic rings. The average molecular weight is 292 g/mol. The summed E-state index contributed by atoms with van der Waals surface area (Å²) in [6.45, 7) is 4.51. The first-order chi connectivity index (χ1) is 9.89. The average Bonchev–Trinajstić information content (AvgIpc) is 2.79. The highest BCUT2D eigenvalue weighted by molar-refractivity contribution is 5.14. The molecule has 120 valence electrons. The van der Waals surface area contributed by atoms with Crippen molar-refractivity contribution in [3.05, 3.63) is 17.5 Å². The zero-order valence-electron chi connectivity index (χ0n) is 14.4. The van der Waals surface area contributed by atoms with Gasteiger partial charge in [0.15, 0.2) is 0 Å². The van der Waals surface area contributed by atoms with E-state index in [1.807, 2.05) is 11.7 Å². The van der Waals surface area contributed by atoms with Crippen molar-refractivity contribution in [3.8, 4) is 0 Å². The SMILES string of the molecule is CCc1cc(CC(N)C2(N(C)C)CCCC(C)C2)n(C)n1. The van der Waals surface area contributed by atoms with Crippen molar-refractivity contribution < 1.29 is 0 Å². The van der Waals surface area contributed by atoms with E-state index < -0.39 is 0 Å². The highest BCUT2D eigenvalue weighted by atomic mass is 15.3. The summed E-state index contributed by atoms with van der Waals surface area (Å²) in [6, 6.07) is 2.38. The van der Waals surface area contributed by atoms with Crippen LogP contribution in [0.4, 0.5) is 0 Å². The Kier molecular flexibility index (Phi) is 5.10. The van der Waals surface area contributed by atoms with Crippen LogP contribution in [0, 0.1) is 5.92 Å². The maximum atomic E-state index is 6.72. The molecule has 1 aliphatic rings. The van der Waals surface area contributed by atoms with E-state index in [1.54, 1.807) is 0 Å². The van der Waals surface area contributed by atoms with Crippen LogP contribution in [0.15, 0.2) is 6.07 Å². The molecule has 0 amide bonds. The van der Waals surface area contributed by atoms with E-state index >= 15 is 0 Å². The zero-order valence-corrected chi connectivity index (χ0v) is 14.4. The zero-order chi connectivity index (χ0) is 15.6. The van der Waals surface area contributed by atoms with E-state index in [2.05, 4.69) is 44.0 Å². The minimum absolute atomic E-state index is 0.133. The van der Waals surface area contributed by atoms with Crippen LogP contribution >= 0.6 is 0 Å². The molecule has 0 radical (unpaired) electrons. The topological polar surface area (TPSA) is 47.1 Å². The quantitative estimate of drug-likeness (QED) is 0.906. The standard InChI is InChI=1S/C17H32N4/c1-6-14-10-15(21(5)19-14)11-16(18)17(20(3)4)9-7-8-13(2)12-17/h10,13,16H,6-9,11-12,18H2,1-5H3. The third-order valence-electron chi connectivity index (χ3n) is 5.41. The predicted octanol–water partition coefficient (Wildman–Crippen LogP) is 2.36. The summed E-state index contributed by atoms with van der Waals surface area (Å²) in [5.74, 6) is 0.768. The van der Waals surface area contributed by atoms with Crippen LogP contribution in [0.5, 0.6) is 0 Å². The maximum absolute atomic E-state index is 6.72. The summed E-state index contributed by atoms with van der Waals surface area (Å²) in [7, 11) is 6.42.